The third kappa shape index (κ3) is 1.86. The van der Waals surface area contributed by atoms with Gasteiger partial charge in [0.15, 0.2) is 5.58 Å². The van der Waals surface area contributed by atoms with Crippen LogP contribution in [0.25, 0.3) is 11.1 Å². The van der Waals surface area contributed by atoms with Crippen molar-refractivity contribution in [1.29, 1.82) is 0 Å². The fraction of sp³-hybridized carbons (Fsp3) is 0.364. The monoisotopic (exact) mass is 237 g/mol. The smallest absolute Gasteiger partial charge is 0.295 e. The average molecular weight is 238 g/mol. The molecule has 4 nitrogen and oxygen atoms in total. The van der Waals surface area contributed by atoms with E-state index in [9.17, 15) is 0 Å². The summed E-state index contributed by atoms with van der Waals surface area (Å²) >= 11 is 5.88. The van der Waals surface area contributed by atoms with Gasteiger partial charge in [-0.1, -0.05) is 11.6 Å². The molecule has 0 saturated carbocycles. The molecular formula is C11H12ClN3O. The van der Waals surface area contributed by atoms with Crippen molar-refractivity contribution in [2.24, 2.45) is 0 Å². The number of hydrogen-bond acceptors (Lipinski definition) is 4. The summed E-state index contributed by atoms with van der Waals surface area (Å²) in [7, 11) is 0. The lowest BCUT2D eigenvalue weighted by molar-refractivity contribution is 0.599. The minimum absolute atomic E-state index is 0.406. The summed E-state index contributed by atoms with van der Waals surface area (Å²) in [6.45, 7) is 2.00. The Morgan fingerprint density at radius 2 is 2.44 bits per heavy atom. The Morgan fingerprint density at radius 3 is 3.25 bits per heavy atom. The van der Waals surface area contributed by atoms with Crippen LogP contribution in [0.5, 0.6) is 0 Å². The van der Waals surface area contributed by atoms with Crippen LogP contribution in [0.4, 0.5) is 6.01 Å². The highest BCUT2D eigenvalue weighted by molar-refractivity contribution is 6.31. The Labute approximate surface area is 98.0 Å². The number of aromatic nitrogens is 1. The largest absolute Gasteiger partial charge is 0.423 e. The van der Waals surface area contributed by atoms with Crippen LogP contribution in [0.3, 0.4) is 0 Å². The first-order valence-electron chi connectivity index (χ1n) is 5.34. The van der Waals surface area contributed by atoms with Gasteiger partial charge in [-0.3, -0.25) is 0 Å². The number of anilines is 1. The quantitative estimate of drug-likeness (QED) is 0.841. The van der Waals surface area contributed by atoms with Gasteiger partial charge in [-0.15, -0.1) is 0 Å². The third-order valence-corrected chi connectivity index (χ3v) is 2.97. The topological polar surface area (TPSA) is 50.1 Å². The molecule has 2 N–H and O–H groups in total. The molecule has 5 heteroatoms. The number of rotatable bonds is 2. The SMILES string of the molecule is Clc1ccc2nc(NC3CCNC3)oc2c1. The zero-order valence-electron chi connectivity index (χ0n) is 8.66. The van der Waals surface area contributed by atoms with Gasteiger partial charge in [0.25, 0.3) is 6.01 Å². The first kappa shape index (κ1) is 9.93. The molecule has 2 heterocycles. The zero-order chi connectivity index (χ0) is 11.0. The van der Waals surface area contributed by atoms with Crippen molar-refractivity contribution in [3.8, 4) is 0 Å². The predicted octanol–water partition coefficient (Wildman–Crippen LogP) is 2.25. The summed E-state index contributed by atoms with van der Waals surface area (Å²) in [6, 6.07) is 6.43. The summed E-state index contributed by atoms with van der Waals surface area (Å²) in [5.74, 6) is 0. The van der Waals surface area contributed by atoms with Crippen molar-refractivity contribution in [2.45, 2.75) is 12.5 Å². The fourth-order valence-electron chi connectivity index (χ4n) is 1.91. The van der Waals surface area contributed by atoms with Gasteiger partial charge in [0.2, 0.25) is 0 Å². The number of oxazole rings is 1. The van der Waals surface area contributed by atoms with Crippen molar-refractivity contribution in [3.05, 3.63) is 23.2 Å². The molecule has 2 aromatic rings. The lowest BCUT2D eigenvalue weighted by Gasteiger charge is -2.07. The molecule has 1 fully saturated rings. The van der Waals surface area contributed by atoms with Gasteiger partial charge in [-0.2, -0.15) is 4.98 Å². The second-order valence-corrected chi connectivity index (χ2v) is 4.40. The molecule has 0 radical (unpaired) electrons. The number of fused-ring (bicyclic) bond motifs is 1. The van der Waals surface area contributed by atoms with E-state index in [1.165, 1.54) is 0 Å². The molecule has 1 aliphatic rings. The Morgan fingerprint density at radius 1 is 1.50 bits per heavy atom. The Balaban J connectivity index is 1.86. The highest BCUT2D eigenvalue weighted by atomic mass is 35.5. The Bertz CT molecular complexity index is 505. The maximum Gasteiger partial charge on any atom is 0.295 e. The second kappa shape index (κ2) is 3.96. The molecule has 1 saturated heterocycles. The molecule has 1 unspecified atom stereocenters. The van der Waals surface area contributed by atoms with Gasteiger partial charge in [-0.25, -0.2) is 0 Å². The van der Waals surface area contributed by atoms with Gasteiger partial charge < -0.3 is 15.1 Å². The van der Waals surface area contributed by atoms with E-state index in [0.717, 1.165) is 30.6 Å². The van der Waals surface area contributed by atoms with E-state index in [2.05, 4.69) is 15.6 Å². The second-order valence-electron chi connectivity index (χ2n) is 3.97. The first-order valence-corrected chi connectivity index (χ1v) is 5.72. The number of nitrogens with zero attached hydrogens (tertiary/aromatic N) is 1. The standard InChI is InChI=1S/C11H12ClN3O/c12-7-1-2-9-10(5-7)16-11(15-9)14-8-3-4-13-6-8/h1-2,5,8,13H,3-4,6H2,(H,14,15). The highest BCUT2D eigenvalue weighted by Crippen LogP contribution is 2.23. The summed E-state index contributed by atoms with van der Waals surface area (Å²) in [5, 5.41) is 7.21. The van der Waals surface area contributed by atoms with Crippen LogP contribution in [-0.4, -0.2) is 24.1 Å². The molecule has 0 amide bonds. The van der Waals surface area contributed by atoms with Crippen molar-refractivity contribution < 1.29 is 4.42 Å². The van der Waals surface area contributed by atoms with E-state index in [0.29, 0.717) is 17.1 Å². The molecule has 0 spiro atoms. The van der Waals surface area contributed by atoms with Crippen LogP contribution in [0.2, 0.25) is 5.02 Å². The van der Waals surface area contributed by atoms with Crippen LogP contribution < -0.4 is 10.6 Å². The first-order chi connectivity index (χ1) is 7.81. The lowest BCUT2D eigenvalue weighted by Crippen LogP contribution is -2.22. The average Bonchev–Trinajstić information content (AvgIpc) is 2.86. The van der Waals surface area contributed by atoms with Crippen molar-refractivity contribution >= 4 is 28.7 Å². The highest BCUT2D eigenvalue weighted by Gasteiger charge is 2.16. The Hall–Kier alpha value is -1.26. The minimum Gasteiger partial charge on any atom is -0.423 e. The number of hydrogen-bond donors (Lipinski definition) is 2. The van der Waals surface area contributed by atoms with Crippen molar-refractivity contribution in [2.75, 3.05) is 18.4 Å². The number of halogens is 1. The summed E-state index contributed by atoms with van der Waals surface area (Å²) in [5.41, 5.74) is 1.55. The van der Waals surface area contributed by atoms with Crippen LogP contribution in [-0.2, 0) is 0 Å². The number of benzene rings is 1. The number of nitrogens with one attached hydrogen (secondary N) is 2. The molecular weight excluding hydrogens is 226 g/mol. The molecule has 1 aliphatic heterocycles. The summed E-state index contributed by atoms with van der Waals surface area (Å²) in [4.78, 5) is 4.35. The van der Waals surface area contributed by atoms with Gasteiger partial charge in [0, 0.05) is 23.7 Å². The summed E-state index contributed by atoms with van der Waals surface area (Å²) < 4.78 is 5.58. The van der Waals surface area contributed by atoms with E-state index < -0.39 is 0 Å². The van der Waals surface area contributed by atoms with E-state index >= 15 is 0 Å². The van der Waals surface area contributed by atoms with Gasteiger partial charge in [0.05, 0.1) is 0 Å². The van der Waals surface area contributed by atoms with Crippen molar-refractivity contribution in [1.82, 2.24) is 10.3 Å². The predicted molar refractivity (Wildman–Crippen MR) is 63.9 cm³/mol. The fourth-order valence-corrected chi connectivity index (χ4v) is 2.07. The zero-order valence-corrected chi connectivity index (χ0v) is 9.42. The molecule has 3 rings (SSSR count). The molecule has 1 atom stereocenters. The molecule has 0 aliphatic carbocycles. The third-order valence-electron chi connectivity index (χ3n) is 2.74. The normalized spacial score (nSPS) is 20.4. The van der Waals surface area contributed by atoms with Gasteiger partial charge in [0.1, 0.15) is 5.52 Å². The molecule has 84 valence electrons. The van der Waals surface area contributed by atoms with Gasteiger partial charge >= 0.3 is 0 Å². The van der Waals surface area contributed by atoms with E-state index in [4.69, 9.17) is 16.0 Å². The van der Waals surface area contributed by atoms with Crippen LogP contribution in [0.15, 0.2) is 22.6 Å². The molecule has 1 aromatic carbocycles. The van der Waals surface area contributed by atoms with E-state index in [1.807, 2.05) is 12.1 Å². The van der Waals surface area contributed by atoms with Crippen LogP contribution in [0.1, 0.15) is 6.42 Å². The maximum atomic E-state index is 5.88. The lowest BCUT2D eigenvalue weighted by atomic mass is 10.3. The van der Waals surface area contributed by atoms with Crippen molar-refractivity contribution in [3.63, 3.8) is 0 Å². The van der Waals surface area contributed by atoms with Crippen LogP contribution in [0, 0.1) is 0 Å². The molecule has 16 heavy (non-hydrogen) atoms. The van der Waals surface area contributed by atoms with Crippen LogP contribution >= 0.6 is 11.6 Å². The Kier molecular flexibility index (Phi) is 2.46. The van der Waals surface area contributed by atoms with E-state index in [-0.39, 0.29) is 0 Å². The molecule has 0 bridgehead atoms. The molecule has 1 aromatic heterocycles. The minimum atomic E-state index is 0.406. The maximum absolute atomic E-state index is 5.88. The van der Waals surface area contributed by atoms with E-state index in [1.54, 1.807) is 6.07 Å². The summed E-state index contributed by atoms with van der Waals surface area (Å²) in [6.07, 6.45) is 1.10. The van der Waals surface area contributed by atoms with Gasteiger partial charge in [-0.05, 0) is 25.1 Å².